The van der Waals surface area contributed by atoms with Crippen molar-refractivity contribution in [2.24, 2.45) is 0 Å². The Kier molecular flexibility index (Phi) is 7.99. The first kappa shape index (κ1) is 26.0. The lowest BCUT2D eigenvalue weighted by atomic mass is 9.99. The van der Waals surface area contributed by atoms with E-state index in [0.29, 0.717) is 24.1 Å². The van der Waals surface area contributed by atoms with Crippen LogP contribution >= 0.6 is 11.6 Å². The molecule has 1 amide bonds. The van der Waals surface area contributed by atoms with E-state index in [4.69, 9.17) is 21.1 Å². The summed E-state index contributed by atoms with van der Waals surface area (Å²) in [6.45, 7) is 2.49. The summed E-state index contributed by atoms with van der Waals surface area (Å²) in [5.74, 6) is 0.0815. The van der Waals surface area contributed by atoms with Gasteiger partial charge in [0, 0.05) is 42.1 Å². The Balaban J connectivity index is 2.01. The van der Waals surface area contributed by atoms with Crippen LogP contribution in [-0.2, 0) is 10.9 Å². The summed E-state index contributed by atoms with van der Waals surface area (Å²) in [5, 5.41) is 9.59. The molecule has 0 bridgehead atoms. The maximum absolute atomic E-state index is 13.4. The van der Waals surface area contributed by atoms with Crippen LogP contribution in [0.4, 0.5) is 18.9 Å². The summed E-state index contributed by atoms with van der Waals surface area (Å²) < 4.78 is 49.9. The molecule has 0 spiro atoms. The number of nitrogens with zero attached hydrogens (tertiary/aromatic N) is 3. The van der Waals surface area contributed by atoms with Crippen molar-refractivity contribution in [2.45, 2.75) is 13.1 Å². The van der Waals surface area contributed by atoms with E-state index in [0.717, 1.165) is 11.8 Å². The van der Waals surface area contributed by atoms with Crippen LogP contribution in [0.1, 0.15) is 27.2 Å². The van der Waals surface area contributed by atoms with Crippen molar-refractivity contribution < 1.29 is 27.4 Å². The molecule has 0 fully saturated rings. The number of aromatic nitrogens is 1. The van der Waals surface area contributed by atoms with Gasteiger partial charge in [0.25, 0.3) is 5.91 Å². The number of para-hydroxylation sites is 1. The Morgan fingerprint density at radius 2 is 1.91 bits per heavy atom. The van der Waals surface area contributed by atoms with Gasteiger partial charge in [-0.2, -0.15) is 18.4 Å². The first-order valence-corrected chi connectivity index (χ1v) is 10.7. The van der Waals surface area contributed by atoms with Crippen LogP contribution in [0, 0.1) is 18.3 Å². The number of pyridine rings is 1. The molecule has 6 nitrogen and oxygen atoms in total. The lowest BCUT2D eigenvalue weighted by molar-refractivity contribution is -0.141. The van der Waals surface area contributed by atoms with Crippen LogP contribution in [0.2, 0.25) is 5.02 Å². The minimum Gasteiger partial charge on any atom is -0.489 e. The van der Waals surface area contributed by atoms with Crippen molar-refractivity contribution >= 4 is 23.2 Å². The van der Waals surface area contributed by atoms with Gasteiger partial charge in [0.2, 0.25) is 0 Å². The number of ether oxygens (including phenoxy) is 2. The third kappa shape index (κ3) is 5.73. The lowest BCUT2D eigenvalue weighted by Gasteiger charge is -2.23. The molecule has 3 rings (SSSR count). The molecule has 0 unspecified atom stereocenters. The Hall–Kier alpha value is -3.61. The van der Waals surface area contributed by atoms with Gasteiger partial charge < -0.3 is 14.4 Å². The first-order chi connectivity index (χ1) is 16.6. The maximum atomic E-state index is 13.4. The Morgan fingerprint density at radius 3 is 2.57 bits per heavy atom. The molecule has 0 aliphatic heterocycles. The molecule has 1 heterocycles. The van der Waals surface area contributed by atoms with Crippen LogP contribution in [0.15, 0.2) is 48.7 Å². The fourth-order valence-corrected chi connectivity index (χ4v) is 3.71. The number of methoxy groups -OCH3 is 1. The van der Waals surface area contributed by atoms with E-state index < -0.39 is 17.8 Å². The summed E-state index contributed by atoms with van der Waals surface area (Å²) >= 11 is 6.30. The smallest absolute Gasteiger partial charge is 0.433 e. The number of rotatable bonds is 7. The average molecular weight is 504 g/mol. The van der Waals surface area contributed by atoms with E-state index in [1.165, 1.54) is 23.1 Å². The van der Waals surface area contributed by atoms with Gasteiger partial charge in [0.1, 0.15) is 18.1 Å². The van der Waals surface area contributed by atoms with Gasteiger partial charge in [-0.05, 0) is 42.8 Å². The van der Waals surface area contributed by atoms with E-state index in [1.807, 2.05) is 13.0 Å². The predicted molar refractivity (Wildman–Crippen MR) is 126 cm³/mol. The minimum absolute atomic E-state index is 0.0854. The number of amides is 1. The van der Waals surface area contributed by atoms with Crippen molar-refractivity contribution in [3.8, 4) is 22.9 Å². The highest BCUT2D eigenvalue weighted by molar-refractivity contribution is 6.33. The number of aryl methyl sites for hydroxylation is 1. The zero-order chi connectivity index (χ0) is 25.8. The van der Waals surface area contributed by atoms with Crippen LogP contribution in [0.5, 0.6) is 5.75 Å². The van der Waals surface area contributed by atoms with Crippen LogP contribution in [0.25, 0.3) is 11.1 Å². The topological polar surface area (TPSA) is 75.5 Å². The van der Waals surface area contributed by atoms with Crippen LogP contribution in [-0.4, -0.2) is 38.3 Å². The molecular formula is C25H21ClF3N3O3. The number of anilines is 1. The molecular weight excluding hydrogens is 483 g/mol. The monoisotopic (exact) mass is 503 g/mol. The van der Waals surface area contributed by atoms with Crippen molar-refractivity contribution in [2.75, 3.05) is 32.3 Å². The van der Waals surface area contributed by atoms with E-state index in [1.54, 1.807) is 32.4 Å². The van der Waals surface area contributed by atoms with Crippen LogP contribution in [0.3, 0.4) is 0 Å². The number of hydrogen-bond donors (Lipinski definition) is 0. The zero-order valence-electron chi connectivity index (χ0n) is 19.1. The highest BCUT2D eigenvalue weighted by Gasteiger charge is 2.33. The fraction of sp³-hybridized carbons (Fsp3) is 0.240. The van der Waals surface area contributed by atoms with Crippen LogP contribution < -0.4 is 9.64 Å². The van der Waals surface area contributed by atoms with Crippen molar-refractivity contribution in [1.29, 1.82) is 5.26 Å². The number of nitriles is 1. The Morgan fingerprint density at radius 1 is 1.17 bits per heavy atom. The summed E-state index contributed by atoms with van der Waals surface area (Å²) in [6, 6.07) is 12.2. The van der Waals surface area contributed by atoms with Gasteiger partial charge in [-0.15, -0.1) is 0 Å². The molecule has 2 aromatic carbocycles. The van der Waals surface area contributed by atoms with Gasteiger partial charge in [-0.3, -0.25) is 9.78 Å². The third-order valence-electron chi connectivity index (χ3n) is 5.20. The number of halogens is 4. The second-order valence-corrected chi connectivity index (χ2v) is 7.95. The molecule has 1 aromatic heterocycles. The second kappa shape index (κ2) is 10.8. The molecule has 10 heteroatoms. The molecule has 0 aliphatic carbocycles. The molecule has 0 saturated heterocycles. The first-order valence-electron chi connectivity index (χ1n) is 10.3. The molecule has 0 saturated carbocycles. The molecule has 0 radical (unpaired) electrons. The largest absolute Gasteiger partial charge is 0.489 e. The number of alkyl halides is 3. The summed E-state index contributed by atoms with van der Waals surface area (Å²) in [7, 11) is 3.14. The zero-order valence-corrected chi connectivity index (χ0v) is 19.9. The molecule has 182 valence electrons. The molecule has 0 aliphatic rings. The van der Waals surface area contributed by atoms with Crippen molar-refractivity contribution in [3.63, 3.8) is 0 Å². The molecule has 35 heavy (non-hydrogen) atoms. The summed E-state index contributed by atoms with van der Waals surface area (Å²) in [6.07, 6.45) is -3.77. The van der Waals surface area contributed by atoms with E-state index in [2.05, 4.69) is 4.98 Å². The average Bonchev–Trinajstić information content (AvgIpc) is 2.83. The summed E-state index contributed by atoms with van der Waals surface area (Å²) in [5.41, 5.74) is 0.401. The van der Waals surface area contributed by atoms with Gasteiger partial charge in [-0.1, -0.05) is 23.7 Å². The van der Waals surface area contributed by atoms with E-state index in [9.17, 15) is 23.2 Å². The van der Waals surface area contributed by atoms with E-state index in [-0.39, 0.29) is 33.9 Å². The fourth-order valence-electron chi connectivity index (χ4n) is 3.49. The molecule has 0 N–H and O–H groups in total. The highest BCUT2D eigenvalue weighted by atomic mass is 35.5. The Bertz CT molecular complexity index is 1290. The van der Waals surface area contributed by atoms with Gasteiger partial charge in [-0.25, -0.2) is 0 Å². The number of carbonyl (C=O) groups is 1. The Labute approximate surface area is 205 Å². The van der Waals surface area contributed by atoms with Crippen molar-refractivity contribution in [3.05, 3.63) is 76.1 Å². The van der Waals surface area contributed by atoms with Gasteiger partial charge >= 0.3 is 6.18 Å². The van der Waals surface area contributed by atoms with E-state index >= 15 is 0 Å². The molecule has 0 atom stereocenters. The number of hydrogen-bond acceptors (Lipinski definition) is 5. The molecule has 3 aromatic rings. The lowest BCUT2D eigenvalue weighted by Crippen LogP contribution is -2.27. The minimum atomic E-state index is -4.70. The third-order valence-corrected chi connectivity index (χ3v) is 5.53. The van der Waals surface area contributed by atoms with Crippen molar-refractivity contribution in [1.82, 2.24) is 4.98 Å². The highest BCUT2D eigenvalue weighted by Crippen LogP contribution is 2.36. The second-order valence-electron chi connectivity index (χ2n) is 7.55. The standard InChI is InChI=1S/C25H21ClF3N3O3/c1-15-5-4-6-21(35-10-9-34-3)23(15)32(2)24(33)16-7-8-20(26)18(11-16)19-14-31-22(25(27,28)29)12-17(19)13-30/h4-8,11-12,14H,9-10H2,1-3H3. The van der Waals surface area contributed by atoms with Gasteiger partial charge in [0.05, 0.1) is 23.9 Å². The summed E-state index contributed by atoms with van der Waals surface area (Å²) in [4.78, 5) is 18.2. The predicted octanol–water partition coefficient (Wildman–Crippen LogP) is 5.90. The van der Waals surface area contributed by atoms with Gasteiger partial charge in [0.15, 0.2) is 0 Å². The number of carbonyl (C=O) groups excluding carboxylic acids is 1. The number of benzene rings is 2. The SMILES string of the molecule is COCCOc1cccc(C)c1N(C)C(=O)c1ccc(Cl)c(-c2cnc(C(F)(F)F)cc2C#N)c1. The normalized spacial score (nSPS) is 11.1. The maximum Gasteiger partial charge on any atom is 0.433 e. The quantitative estimate of drug-likeness (QED) is 0.375.